The second-order valence-electron chi connectivity index (χ2n) is 2.46. The first kappa shape index (κ1) is 9.31. The molecule has 0 bridgehead atoms. The number of aromatic hydroxyl groups is 1. The molecule has 0 spiro atoms. The number of hydrogen-bond donors (Lipinski definition) is 2. The summed E-state index contributed by atoms with van der Waals surface area (Å²) in [6.07, 6.45) is 1.05. The summed E-state index contributed by atoms with van der Waals surface area (Å²) < 4.78 is 4.81. The van der Waals surface area contributed by atoms with Crippen molar-refractivity contribution >= 4 is 5.97 Å². The van der Waals surface area contributed by atoms with E-state index < -0.39 is 5.97 Å². The van der Waals surface area contributed by atoms with Crippen LogP contribution in [0.15, 0.2) is 6.20 Å². The molecular weight excluding hydrogens is 174 g/mol. The number of carbonyl (C=O) groups is 1. The molecule has 0 radical (unpaired) electrons. The molecular formula is C8H9NO4. The molecule has 0 aliphatic carbocycles. The number of carboxylic acids is 1. The normalized spacial score (nSPS) is 9.69. The van der Waals surface area contributed by atoms with Crippen LogP contribution in [0, 0.1) is 6.92 Å². The molecule has 5 heteroatoms. The molecule has 0 amide bonds. The largest absolute Gasteiger partial charge is 0.503 e. The Morgan fingerprint density at radius 1 is 1.62 bits per heavy atom. The average molecular weight is 183 g/mol. The Labute approximate surface area is 74.6 Å². The summed E-state index contributed by atoms with van der Waals surface area (Å²) in [7, 11) is 1.35. The summed E-state index contributed by atoms with van der Waals surface area (Å²) >= 11 is 0. The van der Waals surface area contributed by atoms with Crippen LogP contribution in [0.25, 0.3) is 0 Å². The van der Waals surface area contributed by atoms with Crippen LogP contribution in [-0.2, 0) is 0 Å². The number of nitrogens with zero attached hydrogens (tertiary/aromatic N) is 1. The van der Waals surface area contributed by atoms with Crippen LogP contribution in [0.2, 0.25) is 0 Å². The fourth-order valence-corrected chi connectivity index (χ4v) is 1.05. The Morgan fingerprint density at radius 2 is 2.23 bits per heavy atom. The number of methoxy groups -OCH3 is 1. The number of rotatable bonds is 2. The Hall–Kier alpha value is -1.78. The second-order valence-corrected chi connectivity index (χ2v) is 2.46. The van der Waals surface area contributed by atoms with Gasteiger partial charge in [0.15, 0.2) is 17.2 Å². The molecule has 0 saturated carbocycles. The molecule has 2 N–H and O–H groups in total. The molecule has 0 saturated heterocycles. The first-order valence-corrected chi connectivity index (χ1v) is 3.53. The minimum atomic E-state index is -1.14. The first-order valence-electron chi connectivity index (χ1n) is 3.53. The second kappa shape index (κ2) is 3.30. The molecule has 0 aliphatic rings. The van der Waals surface area contributed by atoms with Gasteiger partial charge >= 0.3 is 5.97 Å². The minimum Gasteiger partial charge on any atom is -0.503 e. The first-order chi connectivity index (χ1) is 6.07. The number of aromatic nitrogens is 1. The smallest absolute Gasteiger partial charge is 0.354 e. The molecule has 5 nitrogen and oxygen atoms in total. The highest BCUT2D eigenvalue weighted by Gasteiger charge is 2.15. The van der Waals surface area contributed by atoms with Gasteiger partial charge in [-0.15, -0.1) is 0 Å². The van der Waals surface area contributed by atoms with Crippen LogP contribution in [-0.4, -0.2) is 28.3 Å². The van der Waals surface area contributed by atoms with Crippen molar-refractivity contribution in [3.63, 3.8) is 0 Å². The van der Waals surface area contributed by atoms with E-state index in [0.717, 1.165) is 6.20 Å². The van der Waals surface area contributed by atoms with Gasteiger partial charge < -0.3 is 14.9 Å². The average Bonchev–Trinajstić information content (AvgIpc) is 2.04. The highest BCUT2D eigenvalue weighted by molar-refractivity contribution is 5.88. The number of aromatic carboxylic acids is 1. The molecule has 13 heavy (non-hydrogen) atoms. The summed E-state index contributed by atoms with van der Waals surface area (Å²) in [4.78, 5) is 14.2. The van der Waals surface area contributed by atoms with Crippen molar-refractivity contribution in [3.05, 3.63) is 17.5 Å². The predicted octanol–water partition coefficient (Wildman–Crippen LogP) is 0.802. The van der Waals surface area contributed by atoms with E-state index in [0.29, 0.717) is 5.56 Å². The van der Waals surface area contributed by atoms with Gasteiger partial charge in [0.2, 0.25) is 0 Å². The van der Waals surface area contributed by atoms with Crippen LogP contribution in [0.4, 0.5) is 0 Å². The van der Waals surface area contributed by atoms with Crippen LogP contribution >= 0.6 is 0 Å². The highest BCUT2D eigenvalue weighted by atomic mass is 16.5. The molecule has 1 rings (SSSR count). The lowest BCUT2D eigenvalue weighted by Crippen LogP contribution is -2.04. The molecule has 0 atom stereocenters. The Balaban J connectivity index is 3.35. The molecule has 0 fully saturated rings. The van der Waals surface area contributed by atoms with Crippen molar-refractivity contribution in [3.8, 4) is 11.5 Å². The van der Waals surface area contributed by atoms with Crippen molar-refractivity contribution in [1.29, 1.82) is 0 Å². The fraction of sp³-hybridized carbons (Fsp3) is 0.250. The lowest BCUT2D eigenvalue weighted by atomic mass is 10.2. The van der Waals surface area contributed by atoms with E-state index in [1.54, 1.807) is 0 Å². The van der Waals surface area contributed by atoms with Gasteiger partial charge in [0.25, 0.3) is 0 Å². The third-order valence-corrected chi connectivity index (χ3v) is 1.65. The van der Waals surface area contributed by atoms with Gasteiger partial charge in [0, 0.05) is 5.56 Å². The van der Waals surface area contributed by atoms with Crippen molar-refractivity contribution in [2.45, 2.75) is 6.92 Å². The zero-order valence-electron chi connectivity index (χ0n) is 7.24. The monoisotopic (exact) mass is 183 g/mol. The SMILES string of the molecule is COc1c(O)cnc(C(=O)O)c1C. The van der Waals surface area contributed by atoms with Crippen LogP contribution < -0.4 is 4.74 Å². The van der Waals surface area contributed by atoms with Gasteiger partial charge in [0.05, 0.1) is 13.3 Å². The quantitative estimate of drug-likeness (QED) is 0.708. The lowest BCUT2D eigenvalue weighted by molar-refractivity contribution is 0.0689. The van der Waals surface area contributed by atoms with Crippen LogP contribution in [0.5, 0.6) is 11.5 Å². The van der Waals surface area contributed by atoms with Crippen molar-refractivity contribution in [2.75, 3.05) is 7.11 Å². The standard InChI is InChI=1S/C8H9NO4/c1-4-6(8(11)12)9-3-5(10)7(4)13-2/h3,10H,1-2H3,(H,11,12). The van der Waals surface area contributed by atoms with E-state index in [9.17, 15) is 9.90 Å². The van der Waals surface area contributed by atoms with Gasteiger partial charge in [-0.25, -0.2) is 9.78 Å². The third kappa shape index (κ3) is 1.53. The summed E-state index contributed by atoms with van der Waals surface area (Å²) in [5.74, 6) is -1.16. The number of pyridine rings is 1. The van der Waals surface area contributed by atoms with E-state index in [1.165, 1.54) is 14.0 Å². The summed E-state index contributed by atoms with van der Waals surface area (Å²) in [6.45, 7) is 1.52. The fourth-order valence-electron chi connectivity index (χ4n) is 1.05. The maximum absolute atomic E-state index is 10.6. The molecule has 0 aromatic carbocycles. The van der Waals surface area contributed by atoms with E-state index in [1.807, 2.05) is 0 Å². The predicted molar refractivity (Wildman–Crippen MR) is 44.2 cm³/mol. The van der Waals surface area contributed by atoms with Gasteiger partial charge in [-0.2, -0.15) is 0 Å². The van der Waals surface area contributed by atoms with E-state index in [4.69, 9.17) is 9.84 Å². The molecule has 1 aromatic heterocycles. The van der Waals surface area contributed by atoms with Gasteiger partial charge in [0.1, 0.15) is 0 Å². The molecule has 70 valence electrons. The number of ether oxygens (including phenoxy) is 1. The van der Waals surface area contributed by atoms with Gasteiger partial charge in [-0.3, -0.25) is 0 Å². The Kier molecular flexibility index (Phi) is 2.36. The minimum absolute atomic E-state index is 0.116. The zero-order chi connectivity index (χ0) is 10.0. The van der Waals surface area contributed by atoms with Crippen molar-refractivity contribution in [2.24, 2.45) is 0 Å². The molecule has 0 aliphatic heterocycles. The molecule has 1 heterocycles. The Bertz CT molecular complexity index is 348. The topological polar surface area (TPSA) is 79.7 Å². The number of carboxylic acid groups (broad SMARTS) is 1. The lowest BCUT2D eigenvalue weighted by Gasteiger charge is -2.07. The maximum atomic E-state index is 10.6. The summed E-state index contributed by atoms with van der Waals surface area (Å²) in [5, 5.41) is 17.9. The van der Waals surface area contributed by atoms with Gasteiger partial charge in [-0.1, -0.05) is 0 Å². The zero-order valence-corrected chi connectivity index (χ0v) is 7.24. The van der Waals surface area contributed by atoms with Crippen molar-refractivity contribution < 1.29 is 19.7 Å². The summed E-state index contributed by atoms with van der Waals surface area (Å²) in [6, 6.07) is 0. The summed E-state index contributed by atoms with van der Waals surface area (Å²) in [5.41, 5.74) is 0.199. The van der Waals surface area contributed by atoms with Gasteiger partial charge in [-0.05, 0) is 6.92 Å². The highest BCUT2D eigenvalue weighted by Crippen LogP contribution is 2.29. The number of hydrogen-bond acceptors (Lipinski definition) is 4. The Morgan fingerprint density at radius 3 is 2.69 bits per heavy atom. The third-order valence-electron chi connectivity index (χ3n) is 1.65. The van der Waals surface area contributed by atoms with Crippen molar-refractivity contribution in [1.82, 2.24) is 4.98 Å². The van der Waals surface area contributed by atoms with Crippen LogP contribution in [0.1, 0.15) is 16.1 Å². The van der Waals surface area contributed by atoms with E-state index in [2.05, 4.69) is 4.98 Å². The van der Waals surface area contributed by atoms with E-state index >= 15 is 0 Å². The molecule has 0 unspecified atom stereocenters. The maximum Gasteiger partial charge on any atom is 0.354 e. The van der Waals surface area contributed by atoms with Crippen LogP contribution in [0.3, 0.4) is 0 Å². The molecule has 1 aromatic rings. The van der Waals surface area contributed by atoms with E-state index in [-0.39, 0.29) is 17.2 Å².